The summed E-state index contributed by atoms with van der Waals surface area (Å²) in [5.74, 6) is 0. The second-order valence-corrected chi connectivity index (χ2v) is 5.19. The number of aliphatic hydroxyl groups is 1. The van der Waals surface area contributed by atoms with Gasteiger partial charge in [-0.3, -0.25) is 14.3 Å². The first-order chi connectivity index (χ1) is 8.83. The Balaban J connectivity index is 2.45. The van der Waals surface area contributed by atoms with Crippen molar-refractivity contribution in [2.24, 2.45) is 0 Å². The monoisotopic (exact) mass is 272 g/mol. The maximum Gasteiger partial charge on any atom is 0.330 e. The van der Waals surface area contributed by atoms with Crippen LogP contribution in [0, 0.1) is 0 Å². The van der Waals surface area contributed by atoms with Gasteiger partial charge in [0.15, 0.2) is 6.23 Å². The van der Waals surface area contributed by atoms with Gasteiger partial charge in [-0.1, -0.05) is 6.92 Å². The summed E-state index contributed by atoms with van der Waals surface area (Å²) in [7, 11) is 0. The predicted octanol–water partition coefficient (Wildman–Crippen LogP) is 0.325. The molecule has 6 nitrogen and oxygen atoms in total. The molecule has 0 amide bonds. The van der Waals surface area contributed by atoms with Crippen molar-refractivity contribution in [2.45, 2.75) is 44.1 Å². The molecule has 0 unspecified atom stereocenters. The van der Waals surface area contributed by atoms with Gasteiger partial charge in [-0.25, -0.2) is 9.18 Å². The van der Waals surface area contributed by atoms with Crippen molar-refractivity contribution >= 4 is 0 Å². The molecule has 1 aliphatic rings. The number of hydrogen-bond acceptors (Lipinski definition) is 4. The van der Waals surface area contributed by atoms with Crippen molar-refractivity contribution in [1.29, 1.82) is 0 Å². The summed E-state index contributed by atoms with van der Waals surface area (Å²) >= 11 is 0. The molecule has 106 valence electrons. The van der Waals surface area contributed by atoms with Gasteiger partial charge in [-0.2, -0.15) is 0 Å². The molecule has 0 bridgehead atoms. The molecule has 1 aliphatic heterocycles. The van der Waals surface area contributed by atoms with Gasteiger partial charge in [0.05, 0.1) is 0 Å². The number of rotatable bonds is 3. The Labute approximate surface area is 108 Å². The second kappa shape index (κ2) is 4.57. The highest BCUT2D eigenvalue weighted by molar-refractivity contribution is 5.01. The molecule has 1 aromatic rings. The fraction of sp³-hybridized carbons (Fsp3) is 0.667. The maximum absolute atomic E-state index is 13.2. The van der Waals surface area contributed by atoms with Gasteiger partial charge in [0.2, 0.25) is 0 Å². The molecule has 0 aliphatic carbocycles. The minimum Gasteiger partial charge on any atom is -0.385 e. The predicted molar refractivity (Wildman–Crippen MR) is 65.7 cm³/mol. The fourth-order valence-electron chi connectivity index (χ4n) is 2.49. The molecule has 0 aromatic carbocycles. The van der Waals surface area contributed by atoms with Crippen LogP contribution in [0.25, 0.3) is 0 Å². The number of H-pyrrole nitrogens is 1. The van der Waals surface area contributed by atoms with Crippen LogP contribution in [0.4, 0.5) is 4.39 Å². The average Bonchev–Trinajstić information content (AvgIpc) is 2.62. The van der Waals surface area contributed by atoms with Crippen LogP contribution in [0.2, 0.25) is 0 Å². The Kier molecular flexibility index (Phi) is 3.36. The van der Waals surface area contributed by atoms with Gasteiger partial charge >= 0.3 is 5.69 Å². The van der Waals surface area contributed by atoms with E-state index in [1.807, 2.05) is 0 Å². The third-order valence-electron chi connectivity index (χ3n) is 3.57. The van der Waals surface area contributed by atoms with Gasteiger partial charge in [-0.15, -0.1) is 0 Å². The third kappa shape index (κ3) is 2.35. The minimum atomic E-state index is -1.38. The summed E-state index contributed by atoms with van der Waals surface area (Å²) < 4.78 is 19.8. The van der Waals surface area contributed by atoms with Gasteiger partial charge in [0.25, 0.3) is 5.56 Å². The van der Waals surface area contributed by atoms with Crippen LogP contribution in [0.5, 0.6) is 0 Å². The van der Waals surface area contributed by atoms with Gasteiger partial charge < -0.3 is 9.84 Å². The summed E-state index contributed by atoms with van der Waals surface area (Å²) in [6.45, 7) is 2.50. The summed E-state index contributed by atoms with van der Waals surface area (Å²) in [6.07, 6.45) is 0.689. The van der Waals surface area contributed by atoms with Crippen molar-refractivity contribution in [3.63, 3.8) is 0 Å². The number of aromatic nitrogens is 2. The smallest absolute Gasteiger partial charge is 0.330 e. The number of halogens is 1. The van der Waals surface area contributed by atoms with E-state index in [0.29, 0.717) is 6.42 Å². The van der Waals surface area contributed by atoms with E-state index in [1.165, 1.54) is 13.1 Å². The number of alkyl halides is 1. The van der Waals surface area contributed by atoms with Crippen molar-refractivity contribution in [3.05, 3.63) is 33.1 Å². The quantitative estimate of drug-likeness (QED) is 0.830. The Morgan fingerprint density at radius 1 is 1.63 bits per heavy atom. The van der Waals surface area contributed by atoms with E-state index in [1.54, 1.807) is 6.92 Å². The molecule has 2 N–H and O–H groups in total. The SMILES string of the molecule is CC[C@]1(CF)C[C@@](C)(O)[C@H](n2ccc(=O)[nH]c2=O)O1. The van der Waals surface area contributed by atoms with E-state index in [2.05, 4.69) is 4.98 Å². The molecular weight excluding hydrogens is 255 g/mol. The molecular formula is C12H17FN2O4. The van der Waals surface area contributed by atoms with E-state index >= 15 is 0 Å². The molecule has 2 rings (SSSR count). The minimum absolute atomic E-state index is 0.0865. The van der Waals surface area contributed by atoms with Crippen LogP contribution in [0.15, 0.2) is 21.9 Å². The first-order valence-electron chi connectivity index (χ1n) is 6.11. The van der Waals surface area contributed by atoms with E-state index < -0.39 is 35.4 Å². The standard InChI is InChI=1S/C12H17FN2O4/c1-3-12(7-13)6-11(2,18)9(19-12)15-5-4-8(16)14-10(15)17/h4-5,9,18H,3,6-7H2,1-2H3,(H,14,16,17)/t9-,11-,12-/m1/s1. The zero-order chi connectivity index (χ0) is 14.3. The van der Waals surface area contributed by atoms with Crippen molar-refractivity contribution in [2.75, 3.05) is 6.67 Å². The van der Waals surface area contributed by atoms with Gasteiger partial charge in [-0.05, 0) is 13.3 Å². The average molecular weight is 272 g/mol. The topological polar surface area (TPSA) is 84.3 Å². The normalized spacial score (nSPS) is 34.6. The lowest BCUT2D eigenvalue weighted by molar-refractivity contribution is -0.120. The van der Waals surface area contributed by atoms with Crippen LogP contribution in [0.3, 0.4) is 0 Å². The van der Waals surface area contributed by atoms with E-state index in [9.17, 15) is 19.1 Å². The number of ether oxygens (including phenoxy) is 1. The first kappa shape index (κ1) is 14.0. The van der Waals surface area contributed by atoms with Crippen molar-refractivity contribution in [3.8, 4) is 0 Å². The number of nitrogens with zero attached hydrogens (tertiary/aromatic N) is 1. The molecule has 0 radical (unpaired) electrons. The highest BCUT2D eigenvalue weighted by Gasteiger charge is 2.53. The first-order valence-corrected chi connectivity index (χ1v) is 6.11. The molecule has 1 aromatic heterocycles. The highest BCUT2D eigenvalue weighted by atomic mass is 19.1. The molecule has 0 saturated carbocycles. The lowest BCUT2D eigenvalue weighted by Crippen LogP contribution is -2.40. The summed E-state index contributed by atoms with van der Waals surface area (Å²) in [5.41, 5.74) is -3.71. The molecule has 1 fully saturated rings. The zero-order valence-electron chi connectivity index (χ0n) is 10.9. The highest BCUT2D eigenvalue weighted by Crippen LogP contribution is 2.45. The van der Waals surface area contributed by atoms with E-state index in [4.69, 9.17) is 4.74 Å². The molecule has 1 saturated heterocycles. The molecule has 19 heavy (non-hydrogen) atoms. The lowest BCUT2D eigenvalue weighted by Gasteiger charge is -2.25. The molecule has 2 heterocycles. The van der Waals surface area contributed by atoms with Crippen molar-refractivity contribution in [1.82, 2.24) is 9.55 Å². The summed E-state index contributed by atoms with van der Waals surface area (Å²) in [4.78, 5) is 24.8. The summed E-state index contributed by atoms with van der Waals surface area (Å²) in [5, 5.41) is 10.4. The molecule has 0 spiro atoms. The zero-order valence-corrected chi connectivity index (χ0v) is 10.9. The van der Waals surface area contributed by atoms with Gasteiger partial charge in [0, 0.05) is 18.7 Å². The van der Waals surface area contributed by atoms with Crippen LogP contribution in [0.1, 0.15) is 32.9 Å². The number of aromatic amines is 1. The lowest BCUT2D eigenvalue weighted by atomic mass is 9.90. The molecule has 3 atom stereocenters. The van der Waals surface area contributed by atoms with Crippen molar-refractivity contribution < 1.29 is 14.2 Å². The van der Waals surface area contributed by atoms with Crippen LogP contribution in [-0.2, 0) is 4.74 Å². The van der Waals surface area contributed by atoms with E-state index in [0.717, 1.165) is 10.6 Å². The number of hydrogen-bond donors (Lipinski definition) is 2. The van der Waals surface area contributed by atoms with Crippen LogP contribution < -0.4 is 11.2 Å². The number of nitrogens with one attached hydrogen (secondary N) is 1. The maximum atomic E-state index is 13.2. The van der Waals surface area contributed by atoms with Gasteiger partial charge in [0.1, 0.15) is 17.9 Å². The second-order valence-electron chi connectivity index (χ2n) is 5.19. The third-order valence-corrected chi connectivity index (χ3v) is 3.57. The Morgan fingerprint density at radius 3 is 2.79 bits per heavy atom. The fourth-order valence-corrected chi connectivity index (χ4v) is 2.49. The largest absolute Gasteiger partial charge is 0.385 e. The summed E-state index contributed by atoms with van der Waals surface area (Å²) in [6, 6.07) is 1.15. The Morgan fingerprint density at radius 2 is 2.32 bits per heavy atom. The van der Waals surface area contributed by atoms with Crippen LogP contribution >= 0.6 is 0 Å². The van der Waals surface area contributed by atoms with E-state index in [-0.39, 0.29) is 6.42 Å². The Hall–Kier alpha value is -1.47. The van der Waals surface area contributed by atoms with Crippen LogP contribution in [-0.4, -0.2) is 32.5 Å². The Bertz CT molecular complexity index is 574. The molecule has 7 heteroatoms.